The zero-order valence-corrected chi connectivity index (χ0v) is 19.7. The number of aryl methyl sites for hydroxylation is 1. The lowest BCUT2D eigenvalue weighted by Gasteiger charge is -2.25. The number of rotatable bonds is 10. The predicted molar refractivity (Wildman–Crippen MR) is 121 cm³/mol. The molecule has 11 heteroatoms. The molecule has 188 valence electrons. The van der Waals surface area contributed by atoms with Crippen LogP contribution >= 0.6 is 0 Å². The van der Waals surface area contributed by atoms with Crippen molar-refractivity contribution in [1.29, 1.82) is 0 Å². The summed E-state index contributed by atoms with van der Waals surface area (Å²) in [6.45, 7) is 6.72. The Bertz CT molecular complexity index is 979. The molecular weight excluding hydrogens is 446 g/mol. The molecule has 2 aliphatic rings. The molecule has 1 aromatic rings. The van der Waals surface area contributed by atoms with Crippen LogP contribution in [0.5, 0.6) is 0 Å². The van der Waals surface area contributed by atoms with Crippen molar-refractivity contribution in [3.63, 3.8) is 0 Å². The van der Waals surface area contributed by atoms with E-state index in [0.717, 1.165) is 45.7 Å². The number of ether oxygens (including phenoxy) is 4. The second kappa shape index (κ2) is 12.6. The lowest BCUT2D eigenvalue weighted by atomic mass is 10.1. The highest BCUT2D eigenvalue weighted by atomic mass is 16.6. The number of carbonyl (C=O) groups is 2. The van der Waals surface area contributed by atoms with E-state index in [1.165, 1.54) is 24.6 Å². The van der Waals surface area contributed by atoms with Gasteiger partial charge in [0.25, 0.3) is 5.56 Å². The van der Waals surface area contributed by atoms with Crippen LogP contribution in [0, 0.1) is 0 Å². The first-order chi connectivity index (χ1) is 16.3. The van der Waals surface area contributed by atoms with Gasteiger partial charge in [0, 0.05) is 51.7 Å². The highest BCUT2D eigenvalue weighted by molar-refractivity contribution is 5.66. The van der Waals surface area contributed by atoms with Gasteiger partial charge >= 0.3 is 17.6 Å². The Morgan fingerprint density at radius 2 is 1.94 bits per heavy atom. The monoisotopic (exact) mass is 479 g/mol. The van der Waals surface area contributed by atoms with Crippen LogP contribution in [0.25, 0.3) is 0 Å². The Hall–Kier alpha value is -2.76. The lowest BCUT2D eigenvalue weighted by Crippen LogP contribution is -2.36. The minimum atomic E-state index is -0.763. The van der Waals surface area contributed by atoms with Crippen molar-refractivity contribution in [3.05, 3.63) is 44.8 Å². The van der Waals surface area contributed by atoms with Crippen molar-refractivity contribution in [2.45, 2.75) is 58.0 Å². The van der Waals surface area contributed by atoms with Gasteiger partial charge in [-0.05, 0) is 19.3 Å². The van der Waals surface area contributed by atoms with Crippen molar-refractivity contribution in [1.82, 2.24) is 14.5 Å². The van der Waals surface area contributed by atoms with Crippen molar-refractivity contribution in [2.24, 2.45) is 0 Å². The van der Waals surface area contributed by atoms with Crippen molar-refractivity contribution < 1.29 is 28.5 Å². The van der Waals surface area contributed by atoms with Crippen LogP contribution < -0.4 is 11.2 Å². The van der Waals surface area contributed by atoms with Gasteiger partial charge in [0.1, 0.15) is 25.0 Å². The van der Waals surface area contributed by atoms with Crippen LogP contribution in [-0.4, -0.2) is 78.1 Å². The van der Waals surface area contributed by atoms with Crippen LogP contribution in [0.1, 0.15) is 44.9 Å². The Labute approximate surface area is 197 Å². The largest absolute Gasteiger partial charge is 0.463 e. The molecule has 0 radical (unpaired) electrons. The molecule has 2 fully saturated rings. The van der Waals surface area contributed by atoms with Gasteiger partial charge in [0.15, 0.2) is 0 Å². The van der Waals surface area contributed by atoms with Gasteiger partial charge < -0.3 is 18.9 Å². The predicted octanol–water partition coefficient (Wildman–Crippen LogP) is 0.530. The fourth-order valence-corrected chi connectivity index (χ4v) is 4.01. The molecule has 0 amide bonds. The van der Waals surface area contributed by atoms with Gasteiger partial charge in [0.05, 0.1) is 13.2 Å². The number of nitrogens with zero attached hydrogens (tertiary/aromatic N) is 2. The van der Waals surface area contributed by atoms with E-state index >= 15 is 0 Å². The molecule has 0 aromatic carbocycles. The number of allylic oxidation sites excluding steroid dienone is 1. The summed E-state index contributed by atoms with van der Waals surface area (Å²) in [6, 6.07) is 0. The minimum absolute atomic E-state index is 0.106. The highest BCUT2D eigenvalue weighted by Crippen LogP contribution is 2.30. The third-order valence-corrected chi connectivity index (χ3v) is 5.75. The Morgan fingerprint density at radius 3 is 2.65 bits per heavy atom. The maximum Gasteiger partial charge on any atom is 0.330 e. The molecule has 3 heterocycles. The van der Waals surface area contributed by atoms with E-state index < -0.39 is 41.6 Å². The molecule has 0 bridgehead atoms. The van der Waals surface area contributed by atoms with Gasteiger partial charge in [-0.15, -0.1) is 0 Å². The molecule has 1 aromatic heterocycles. The first-order valence-corrected chi connectivity index (χ1v) is 11.6. The van der Waals surface area contributed by atoms with Gasteiger partial charge in [-0.3, -0.25) is 28.8 Å². The number of aromatic amines is 1. The van der Waals surface area contributed by atoms with Crippen LogP contribution in [0.4, 0.5) is 0 Å². The third-order valence-electron chi connectivity index (χ3n) is 5.75. The summed E-state index contributed by atoms with van der Waals surface area (Å²) >= 11 is 0. The average Bonchev–Trinajstić information content (AvgIpc) is 3.18. The third kappa shape index (κ3) is 7.64. The smallest absolute Gasteiger partial charge is 0.330 e. The molecule has 0 aliphatic carbocycles. The zero-order chi connectivity index (χ0) is 24.5. The minimum Gasteiger partial charge on any atom is -0.463 e. The normalized spacial score (nSPS) is 23.3. The molecule has 0 unspecified atom stereocenters. The Balaban J connectivity index is 1.59. The number of nitrogens with one attached hydrogen (secondary N) is 1. The molecule has 11 nitrogen and oxygen atoms in total. The fraction of sp³-hybridized carbons (Fsp3) is 0.652. The summed E-state index contributed by atoms with van der Waals surface area (Å²) in [5, 5.41) is 0. The van der Waals surface area contributed by atoms with Gasteiger partial charge in [-0.2, -0.15) is 0 Å². The maximum absolute atomic E-state index is 12.5. The molecule has 2 saturated heterocycles. The summed E-state index contributed by atoms with van der Waals surface area (Å²) in [7, 11) is 0. The van der Waals surface area contributed by atoms with E-state index in [4.69, 9.17) is 18.9 Å². The lowest BCUT2D eigenvalue weighted by molar-refractivity contribution is -0.155. The van der Waals surface area contributed by atoms with Gasteiger partial charge in [0.2, 0.25) is 0 Å². The molecule has 0 spiro atoms. The zero-order valence-electron chi connectivity index (χ0n) is 19.7. The molecular formula is C23H33N3O8. The van der Waals surface area contributed by atoms with E-state index in [9.17, 15) is 19.2 Å². The van der Waals surface area contributed by atoms with Crippen LogP contribution in [0.2, 0.25) is 0 Å². The number of morpholine rings is 1. The maximum atomic E-state index is 12.5. The van der Waals surface area contributed by atoms with Crippen LogP contribution in [-0.2, 0) is 35.0 Å². The number of H-pyrrole nitrogens is 1. The van der Waals surface area contributed by atoms with E-state index in [1.54, 1.807) is 0 Å². The van der Waals surface area contributed by atoms with Crippen molar-refractivity contribution >= 4 is 11.9 Å². The van der Waals surface area contributed by atoms with Crippen molar-refractivity contribution in [2.75, 3.05) is 39.5 Å². The summed E-state index contributed by atoms with van der Waals surface area (Å²) < 4.78 is 22.8. The van der Waals surface area contributed by atoms with E-state index in [0.29, 0.717) is 12.0 Å². The molecule has 34 heavy (non-hydrogen) atoms. The number of carbonyl (C=O) groups excluding carboxylic acids is 2. The van der Waals surface area contributed by atoms with Gasteiger partial charge in [-0.25, -0.2) is 4.79 Å². The number of hydrogen-bond acceptors (Lipinski definition) is 9. The second-order valence-corrected chi connectivity index (χ2v) is 8.41. The Kier molecular flexibility index (Phi) is 9.61. The van der Waals surface area contributed by atoms with E-state index in [2.05, 4.69) is 22.0 Å². The summed E-state index contributed by atoms with van der Waals surface area (Å²) in [6.07, 6.45) is 5.82. The highest BCUT2D eigenvalue weighted by Gasteiger charge is 2.39. The van der Waals surface area contributed by atoms with E-state index in [-0.39, 0.29) is 13.0 Å². The molecule has 3 rings (SSSR count). The van der Waals surface area contributed by atoms with E-state index in [1.807, 2.05) is 0 Å². The van der Waals surface area contributed by atoms with Crippen LogP contribution in [0.3, 0.4) is 0 Å². The number of hydrogen-bond donors (Lipinski definition) is 1. The SMILES string of the molecule is CC(=O)OC[C@H]1O[C@@H](n2cc(CCC/C=C/CN3CCOCC3)c(=O)[nH]c2=O)C[C@@H]1OC(C)=O. The molecule has 0 saturated carbocycles. The standard InChI is InChI=1S/C23H33N3O8/c1-16(27)32-15-20-19(33-17(2)28)13-21(34-20)26-14-18(22(29)24-23(26)30)7-5-3-4-6-8-25-9-11-31-12-10-25/h4,6,14,19-21H,3,5,7-13,15H2,1-2H3,(H,24,29,30)/b6-4+/t19-,20+,21+/m0/s1. The topological polar surface area (TPSA) is 129 Å². The second-order valence-electron chi connectivity index (χ2n) is 8.41. The molecule has 2 aliphatic heterocycles. The van der Waals surface area contributed by atoms with Gasteiger partial charge in [-0.1, -0.05) is 12.2 Å². The van der Waals surface area contributed by atoms with Crippen LogP contribution in [0.15, 0.2) is 27.9 Å². The first-order valence-electron chi connectivity index (χ1n) is 11.6. The quantitative estimate of drug-likeness (QED) is 0.290. The molecule has 3 atom stereocenters. The number of esters is 2. The fourth-order valence-electron chi connectivity index (χ4n) is 4.01. The summed E-state index contributed by atoms with van der Waals surface area (Å²) in [5.41, 5.74) is -0.569. The first kappa shape index (κ1) is 25.9. The summed E-state index contributed by atoms with van der Waals surface area (Å²) in [5.74, 6) is -0.991. The number of aromatic nitrogens is 2. The number of unbranched alkanes of at least 4 members (excludes halogenated alkanes) is 1. The average molecular weight is 480 g/mol. The van der Waals surface area contributed by atoms with Crippen molar-refractivity contribution in [3.8, 4) is 0 Å². The molecule has 1 N–H and O–H groups in total. The summed E-state index contributed by atoms with van der Waals surface area (Å²) in [4.78, 5) is 52.1. The Morgan fingerprint density at radius 1 is 1.18 bits per heavy atom.